The van der Waals surface area contributed by atoms with Crippen molar-refractivity contribution in [2.75, 3.05) is 33.7 Å². The molecule has 0 bridgehead atoms. The lowest BCUT2D eigenvalue weighted by molar-refractivity contribution is -0.155. The van der Waals surface area contributed by atoms with Crippen LogP contribution < -0.4 is 0 Å². The Morgan fingerprint density at radius 3 is 1.96 bits per heavy atom. The summed E-state index contributed by atoms with van der Waals surface area (Å²) in [5.74, 6) is -0.553. The van der Waals surface area contributed by atoms with E-state index in [0.717, 1.165) is 5.56 Å². The Kier molecular flexibility index (Phi) is 7.39. The van der Waals surface area contributed by atoms with E-state index in [9.17, 15) is 13.2 Å². The first-order valence-electron chi connectivity index (χ1n) is 8.68. The maximum Gasteiger partial charge on any atom is 0.321 e. The topological polar surface area (TPSA) is 66.9 Å². The lowest BCUT2D eigenvalue weighted by Gasteiger charge is -2.27. The summed E-state index contributed by atoms with van der Waals surface area (Å²) in [5.41, 5.74) is 1.71. The van der Waals surface area contributed by atoms with Gasteiger partial charge in [-0.1, -0.05) is 17.7 Å². The third kappa shape index (κ3) is 6.37. The summed E-state index contributed by atoms with van der Waals surface area (Å²) >= 11 is 0. The molecule has 6 nitrogen and oxygen atoms in total. The minimum atomic E-state index is -3.82. The molecular weight excluding hydrogens is 352 g/mol. The van der Waals surface area contributed by atoms with Crippen LogP contribution in [0.4, 0.5) is 0 Å². The number of nitrogens with zero attached hydrogens (tertiary/aromatic N) is 2. The van der Waals surface area contributed by atoms with E-state index in [1.165, 1.54) is 4.31 Å². The average molecular weight is 385 g/mol. The summed E-state index contributed by atoms with van der Waals surface area (Å²) in [5, 5.41) is 0. The number of rotatable bonds is 7. The van der Waals surface area contributed by atoms with E-state index in [0.29, 0.717) is 17.7 Å². The summed E-state index contributed by atoms with van der Waals surface area (Å²) in [7, 11) is -0.0961. The second-order valence-electron chi connectivity index (χ2n) is 7.96. The van der Waals surface area contributed by atoms with Gasteiger partial charge in [0.2, 0.25) is 10.0 Å². The maximum atomic E-state index is 13.3. The van der Waals surface area contributed by atoms with E-state index < -0.39 is 21.6 Å². The van der Waals surface area contributed by atoms with Gasteiger partial charge in [-0.15, -0.1) is 0 Å². The van der Waals surface area contributed by atoms with Crippen molar-refractivity contribution in [1.29, 1.82) is 0 Å². The maximum absolute atomic E-state index is 13.3. The minimum Gasteiger partial charge on any atom is -0.459 e. The van der Waals surface area contributed by atoms with Crippen molar-refractivity contribution in [1.82, 2.24) is 9.21 Å². The van der Waals surface area contributed by atoms with Crippen molar-refractivity contribution >= 4 is 16.0 Å². The third-order valence-electron chi connectivity index (χ3n) is 3.72. The molecule has 0 saturated heterocycles. The van der Waals surface area contributed by atoms with Crippen molar-refractivity contribution in [3.05, 3.63) is 28.8 Å². The number of sulfonamides is 1. The highest BCUT2D eigenvalue weighted by atomic mass is 32.2. The molecule has 0 fully saturated rings. The standard InChI is InChI=1S/C19H32N2O4S/c1-14-11-15(2)18(16(3)12-14)26(23,24)21(10-9-20(7)8)13-17(22)25-19(4,5)6/h11-12H,9-10,13H2,1-8H3. The van der Waals surface area contributed by atoms with Crippen LogP contribution in [0.25, 0.3) is 0 Å². The molecule has 0 aliphatic rings. The van der Waals surface area contributed by atoms with Crippen molar-refractivity contribution in [2.45, 2.75) is 52.0 Å². The van der Waals surface area contributed by atoms with Crippen LogP contribution in [0.2, 0.25) is 0 Å². The Labute approximate surface area is 158 Å². The van der Waals surface area contributed by atoms with Crippen LogP contribution in [0, 0.1) is 20.8 Å². The summed E-state index contributed by atoms with van der Waals surface area (Å²) in [6.07, 6.45) is 0. The molecule has 1 aromatic rings. The molecule has 0 saturated carbocycles. The predicted octanol–water partition coefficient (Wildman–Crippen LogP) is 2.51. The van der Waals surface area contributed by atoms with Gasteiger partial charge in [0, 0.05) is 13.1 Å². The lowest BCUT2D eigenvalue weighted by Crippen LogP contribution is -2.42. The molecule has 0 aliphatic carbocycles. The van der Waals surface area contributed by atoms with Gasteiger partial charge in [-0.3, -0.25) is 4.79 Å². The molecule has 148 valence electrons. The van der Waals surface area contributed by atoms with Gasteiger partial charge < -0.3 is 9.64 Å². The predicted molar refractivity (Wildman–Crippen MR) is 104 cm³/mol. The minimum absolute atomic E-state index is 0.210. The second kappa shape index (κ2) is 8.50. The number of likely N-dealkylation sites (N-methyl/N-ethyl adjacent to an activating group) is 1. The van der Waals surface area contributed by atoms with E-state index in [2.05, 4.69) is 0 Å². The molecule has 0 unspecified atom stereocenters. The number of aryl methyl sites for hydroxylation is 3. The summed E-state index contributed by atoms with van der Waals surface area (Å²) in [4.78, 5) is 14.4. The fourth-order valence-corrected chi connectivity index (χ4v) is 4.60. The van der Waals surface area contributed by atoms with Crippen molar-refractivity contribution in [3.8, 4) is 0 Å². The highest BCUT2D eigenvalue weighted by molar-refractivity contribution is 7.89. The monoisotopic (exact) mass is 384 g/mol. The molecule has 0 N–H and O–H groups in total. The fraction of sp³-hybridized carbons (Fsp3) is 0.632. The van der Waals surface area contributed by atoms with E-state index >= 15 is 0 Å². The van der Waals surface area contributed by atoms with Gasteiger partial charge in [0.25, 0.3) is 0 Å². The van der Waals surface area contributed by atoms with Crippen molar-refractivity contribution in [2.24, 2.45) is 0 Å². The molecule has 0 aliphatic heterocycles. The first-order valence-corrected chi connectivity index (χ1v) is 10.1. The number of hydrogen-bond acceptors (Lipinski definition) is 5. The van der Waals surface area contributed by atoms with Gasteiger partial charge in [-0.05, 0) is 66.8 Å². The number of ether oxygens (including phenoxy) is 1. The van der Waals surface area contributed by atoms with Crippen LogP contribution in [0.5, 0.6) is 0 Å². The number of benzene rings is 1. The Balaban J connectivity index is 3.26. The van der Waals surface area contributed by atoms with Crippen LogP contribution in [-0.2, 0) is 19.6 Å². The van der Waals surface area contributed by atoms with Gasteiger partial charge >= 0.3 is 5.97 Å². The van der Waals surface area contributed by atoms with Crippen molar-refractivity contribution < 1.29 is 17.9 Å². The van der Waals surface area contributed by atoms with E-state index in [1.54, 1.807) is 34.6 Å². The van der Waals surface area contributed by atoms with Crippen LogP contribution in [-0.4, -0.2) is 62.9 Å². The van der Waals surface area contributed by atoms with Gasteiger partial charge in [0.1, 0.15) is 12.1 Å². The molecule has 0 amide bonds. The molecule has 0 spiro atoms. The van der Waals surface area contributed by atoms with Gasteiger partial charge in [0.15, 0.2) is 0 Å². The van der Waals surface area contributed by atoms with E-state index in [-0.39, 0.29) is 18.0 Å². The quantitative estimate of drug-likeness (QED) is 0.676. The summed E-state index contributed by atoms with van der Waals surface area (Å²) < 4.78 is 33.1. The normalized spacial score (nSPS) is 12.7. The van der Waals surface area contributed by atoms with Crippen LogP contribution in [0.3, 0.4) is 0 Å². The molecule has 7 heteroatoms. The smallest absolute Gasteiger partial charge is 0.321 e. The molecule has 0 radical (unpaired) electrons. The Bertz CT molecular complexity index is 726. The lowest BCUT2D eigenvalue weighted by atomic mass is 10.1. The molecular formula is C19H32N2O4S. The number of carbonyl (C=O) groups is 1. The van der Waals surface area contributed by atoms with Gasteiger partial charge in [-0.25, -0.2) is 8.42 Å². The molecule has 0 atom stereocenters. The Morgan fingerprint density at radius 1 is 1.04 bits per heavy atom. The first-order chi connectivity index (χ1) is 11.7. The zero-order chi connectivity index (χ0) is 20.3. The average Bonchev–Trinajstić information content (AvgIpc) is 2.39. The first kappa shape index (κ1) is 22.6. The Hall–Kier alpha value is -1.44. The molecule has 0 heterocycles. The van der Waals surface area contributed by atoms with E-state index in [1.807, 2.05) is 38.1 Å². The highest BCUT2D eigenvalue weighted by Gasteiger charge is 2.31. The summed E-state index contributed by atoms with van der Waals surface area (Å²) in [6.45, 7) is 11.2. The largest absolute Gasteiger partial charge is 0.459 e. The zero-order valence-electron chi connectivity index (χ0n) is 17.2. The SMILES string of the molecule is Cc1cc(C)c(S(=O)(=O)N(CCN(C)C)CC(=O)OC(C)(C)C)c(C)c1. The highest BCUT2D eigenvalue weighted by Crippen LogP contribution is 2.25. The van der Waals surface area contributed by atoms with Crippen LogP contribution in [0.15, 0.2) is 17.0 Å². The van der Waals surface area contributed by atoms with Crippen molar-refractivity contribution in [3.63, 3.8) is 0 Å². The second-order valence-corrected chi connectivity index (χ2v) is 9.83. The van der Waals surface area contributed by atoms with E-state index in [4.69, 9.17) is 4.74 Å². The third-order valence-corrected chi connectivity index (χ3v) is 5.88. The summed E-state index contributed by atoms with van der Waals surface area (Å²) in [6, 6.07) is 3.69. The Morgan fingerprint density at radius 2 is 1.54 bits per heavy atom. The number of esters is 1. The van der Waals surface area contributed by atoms with Gasteiger partial charge in [-0.2, -0.15) is 4.31 Å². The van der Waals surface area contributed by atoms with Crippen LogP contribution in [0.1, 0.15) is 37.5 Å². The van der Waals surface area contributed by atoms with Gasteiger partial charge in [0.05, 0.1) is 4.90 Å². The van der Waals surface area contributed by atoms with Crippen LogP contribution >= 0.6 is 0 Å². The molecule has 1 rings (SSSR count). The molecule has 26 heavy (non-hydrogen) atoms. The number of carbonyl (C=O) groups excluding carboxylic acids is 1. The fourth-order valence-electron chi connectivity index (χ4n) is 2.82. The number of hydrogen-bond donors (Lipinski definition) is 0. The molecule has 1 aromatic carbocycles. The zero-order valence-corrected chi connectivity index (χ0v) is 18.0. The molecule has 0 aromatic heterocycles.